The fourth-order valence-electron chi connectivity index (χ4n) is 5.74. The van der Waals surface area contributed by atoms with Crippen LogP contribution >= 0.6 is 0 Å². The summed E-state index contributed by atoms with van der Waals surface area (Å²) in [7, 11) is 0. The lowest BCUT2D eigenvalue weighted by atomic mass is 9.88. The van der Waals surface area contributed by atoms with E-state index in [9.17, 15) is 9.59 Å². The van der Waals surface area contributed by atoms with E-state index in [1.54, 1.807) is 0 Å². The molecular formula is C33H63N3O6. The molecule has 3 N–H and O–H groups in total. The Balaban J connectivity index is 1.20. The van der Waals surface area contributed by atoms with Crippen molar-refractivity contribution in [3.8, 4) is 0 Å². The van der Waals surface area contributed by atoms with Gasteiger partial charge in [0.05, 0.1) is 52.9 Å². The molecule has 2 rings (SSSR count). The Bertz CT molecular complexity index is 639. The summed E-state index contributed by atoms with van der Waals surface area (Å²) in [5.74, 6) is 0.569. The summed E-state index contributed by atoms with van der Waals surface area (Å²) in [4.78, 5) is 24.1. The smallest absolute Gasteiger partial charge is 0.223 e. The number of nitrogens with one attached hydrogen (secondary N) is 3. The van der Waals surface area contributed by atoms with Gasteiger partial charge in [-0.15, -0.1) is 0 Å². The number of carbonyl (C=O) groups excluding carboxylic acids is 2. The monoisotopic (exact) mass is 597 g/mol. The lowest BCUT2D eigenvalue weighted by molar-refractivity contribution is -0.126. The van der Waals surface area contributed by atoms with Crippen LogP contribution in [0.4, 0.5) is 0 Å². The van der Waals surface area contributed by atoms with Gasteiger partial charge in [0.2, 0.25) is 11.8 Å². The van der Waals surface area contributed by atoms with Gasteiger partial charge in [-0.05, 0) is 38.5 Å². The molecule has 0 aliphatic heterocycles. The van der Waals surface area contributed by atoms with Gasteiger partial charge < -0.3 is 34.9 Å². The SMILES string of the molecule is O=C(CCOCCOCCOCCOCCNC1CCCCCC1)NCCCCCCCCNC(=O)C1CCCCC1. The zero-order valence-corrected chi connectivity index (χ0v) is 26.6. The summed E-state index contributed by atoms with van der Waals surface area (Å²) in [5.41, 5.74) is 0. The van der Waals surface area contributed by atoms with Crippen molar-refractivity contribution >= 4 is 11.8 Å². The van der Waals surface area contributed by atoms with Crippen LogP contribution in [0.15, 0.2) is 0 Å². The first kappa shape index (κ1) is 36.9. The van der Waals surface area contributed by atoms with Crippen LogP contribution in [0.3, 0.4) is 0 Å². The highest BCUT2D eigenvalue weighted by molar-refractivity contribution is 5.78. The van der Waals surface area contributed by atoms with Crippen molar-refractivity contribution < 1.29 is 28.5 Å². The van der Waals surface area contributed by atoms with E-state index in [2.05, 4.69) is 16.0 Å². The highest BCUT2D eigenvalue weighted by atomic mass is 16.6. The van der Waals surface area contributed by atoms with Gasteiger partial charge in [0.1, 0.15) is 0 Å². The second-order valence-corrected chi connectivity index (χ2v) is 11.9. The highest BCUT2D eigenvalue weighted by Crippen LogP contribution is 2.23. The number of carbonyl (C=O) groups is 2. The van der Waals surface area contributed by atoms with Crippen molar-refractivity contribution in [2.45, 2.75) is 122 Å². The molecule has 0 bridgehead atoms. The third-order valence-corrected chi connectivity index (χ3v) is 8.32. The maximum atomic E-state index is 12.1. The van der Waals surface area contributed by atoms with E-state index >= 15 is 0 Å². The zero-order chi connectivity index (χ0) is 29.8. The first-order valence-corrected chi connectivity index (χ1v) is 17.3. The Kier molecular flexibility index (Phi) is 24.0. The van der Waals surface area contributed by atoms with Crippen LogP contribution in [0.2, 0.25) is 0 Å². The highest BCUT2D eigenvalue weighted by Gasteiger charge is 2.20. The van der Waals surface area contributed by atoms with E-state index in [0.717, 1.165) is 64.8 Å². The zero-order valence-electron chi connectivity index (χ0n) is 26.6. The van der Waals surface area contributed by atoms with Gasteiger partial charge in [-0.1, -0.05) is 70.6 Å². The molecule has 0 spiro atoms. The number of amides is 2. The molecule has 2 fully saturated rings. The minimum absolute atomic E-state index is 0.0421. The molecule has 2 amide bonds. The van der Waals surface area contributed by atoms with E-state index in [0.29, 0.717) is 58.7 Å². The van der Waals surface area contributed by atoms with Gasteiger partial charge in [0, 0.05) is 38.0 Å². The summed E-state index contributed by atoms with van der Waals surface area (Å²) in [6.45, 7) is 6.85. The maximum Gasteiger partial charge on any atom is 0.223 e. The summed E-state index contributed by atoms with van der Waals surface area (Å²) in [6.07, 6.45) is 21.0. The summed E-state index contributed by atoms with van der Waals surface area (Å²) in [5, 5.41) is 9.70. The van der Waals surface area contributed by atoms with Crippen molar-refractivity contribution in [2.75, 3.05) is 72.5 Å². The Morgan fingerprint density at radius 2 is 0.976 bits per heavy atom. The van der Waals surface area contributed by atoms with Gasteiger partial charge in [-0.25, -0.2) is 0 Å². The van der Waals surface area contributed by atoms with E-state index in [1.807, 2.05) is 0 Å². The maximum absolute atomic E-state index is 12.1. The van der Waals surface area contributed by atoms with Gasteiger partial charge in [0.25, 0.3) is 0 Å². The van der Waals surface area contributed by atoms with Crippen molar-refractivity contribution in [1.29, 1.82) is 0 Å². The Hall–Kier alpha value is -1.26. The fourth-order valence-corrected chi connectivity index (χ4v) is 5.74. The molecule has 0 atom stereocenters. The molecule has 246 valence electrons. The first-order chi connectivity index (χ1) is 20.8. The molecule has 0 saturated heterocycles. The van der Waals surface area contributed by atoms with Crippen LogP contribution < -0.4 is 16.0 Å². The molecule has 0 aromatic rings. The second kappa shape index (κ2) is 27.3. The minimum atomic E-state index is 0.0421. The van der Waals surface area contributed by atoms with Crippen LogP contribution in [0.1, 0.15) is 116 Å². The average molecular weight is 598 g/mol. The summed E-state index contributed by atoms with van der Waals surface area (Å²) in [6, 6.07) is 0.672. The van der Waals surface area contributed by atoms with Gasteiger partial charge >= 0.3 is 0 Å². The molecule has 2 aliphatic carbocycles. The third kappa shape index (κ3) is 21.4. The molecule has 0 aromatic heterocycles. The molecule has 0 radical (unpaired) electrons. The number of unbranched alkanes of at least 4 members (excludes halogenated alkanes) is 5. The molecule has 0 unspecified atom stereocenters. The Morgan fingerprint density at radius 1 is 0.500 bits per heavy atom. The normalized spacial score (nSPS) is 16.8. The number of rotatable bonds is 26. The van der Waals surface area contributed by atoms with Gasteiger partial charge in [0.15, 0.2) is 0 Å². The van der Waals surface area contributed by atoms with Crippen LogP contribution in [0.25, 0.3) is 0 Å². The van der Waals surface area contributed by atoms with E-state index in [-0.39, 0.29) is 17.7 Å². The van der Waals surface area contributed by atoms with Crippen LogP contribution in [0, 0.1) is 5.92 Å². The molecule has 9 nitrogen and oxygen atoms in total. The predicted molar refractivity (Wildman–Crippen MR) is 168 cm³/mol. The van der Waals surface area contributed by atoms with E-state index in [4.69, 9.17) is 18.9 Å². The predicted octanol–water partition coefficient (Wildman–Crippen LogP) is 4.91. The third-order valence-electron chi connectivity index (χ3n) is 8.32. The molecule has 0 heterocycles. The molecule has 0 aromatic carbocycles. The van der Waals surface area contributed by atoms with E-state index in [1.165, 1.54) is 70.6 Å². The van der Waals surface area contributed by atoms with Crippen molar-refractivity contribution in [3.63, 3.8) is 0 Å². The summed E-state index contributed by atoms with van der Waals surface area (Å²) >= 11 is 0. The van der Waals surface area contributed by atoms with Crippen LogP contribution in [-0.4, -0.2) is 90.3 Å². The minimum Gasteiger partial charge on any atom is -0.379 e. The second-order valence-electron chi connectivity index (χ2n) is 11.9. The number of hydrogen-bond donors (Lipinski definition) is 3. The quantitative estimate of drug-likeness (QED) is 0.0961. The molecule has 2 aliphatic rings. The number of hydrogen-bond acceptors (Lipinski definition) is 7. The molecule has 2 saturated carbocycles. The van der Waals surface area contributed by atoms with Crippen molar-refractivity contribution in [1.82, 2.24) is 16.0 Å². The molecule has 9 heteroatoms. The fraction of sp³-hybridized carbons (Fsp3) is 0.939. The average Bonchev–Trinajstić information content (AvgIpc) is 3.29. The first-order valence-electron chi connectivity index (χ1n) is 17.3. The lowest BCUT2D eigenvalue weighted by Crippen LogP contribution is -2.32. The van der Waals surface area contributed by atoms with Crippen molar-refractivity contribution in [2.24, 2.45) is 5.92 Å². The van der Waals surface area contributed by atoms with Gasteiger partial charge in [-0.2, -0.15) is 0 Å². The molecule has 42 heavy (non-hydrogen) atoms. The standard InChI is InChI=1S/C33H63N3O6/c37-32(35-19-12-5-1-2-6-13-20-36-33(38)30-14-8-7-9-15-30)18-22-39-24-26-41-28-29-42-27-25-40-23-21-34-31-16-10-3-4-11-17-31/h30-31,34H,1-29H2,(H,35,37)(H,36,38). The largest absolute Gasteiger partial charge is 0.379 e. The Labute approximate surface area is 256 Å². The van der Waals surface area contributed by atoms with Crippen LogP contribution in [-0.2, 0) is 28.5 Å². The Morgan fingerprint density at radius 3 is 1.60 bits per heavy atom. The topological polar surface area (TPSA) is 107 Å². The van der Waals surface area contributed by atoms with Crippen LogP contribution in [0.5, 0.6) is 0 Å². The number of ether oxygens (including phenoxy) is 4. The summed E-state index contributed by atoms with van der Waals surface area (Å²) < 4.78 is 22.2. The van der Waals surface area contributed by atoms with E-state index < -0.39 is 0 Å². The van der Waals surface area contributed by atoms with Gasteiger partial charge in [-0.3, -0.25) is 9.59 Å². The lowest BCUT2D eigenvalue weighted by Gasteiger charge is -2.20. The van der Waals surface area contributed by atoms with Crippen molar-refractivity contribution in [3.05, 3.63) is 0 Å². The molecular weight excluding hydrogens is 534 g/mol.